The topological polar surface area (TPSA) is 21.3 Å². The van der Waals surface area contributed by atoms with Crippen LogP contribution in [0.5, 0.6) is 0 Å². The third kappa shape index (κ3) is 1.76. The molecule has 0 saturated carbocycles. The third-order valence-corrected chi connectivity index (χ3v) is 1.14. The highest BCUT2D eigenvalue weighted by atomic mass is 19.1. The first-order chi connectivity index (χ1) is 3.89. The first-order valence-corrected chi connectivity index (χ1v) is 2.82. The van der Waals surface area contributed by atoms with E-state index in [4.69, 9.17) is 4.74 Å². The summed E-state index contributed by atoms with van der Waals surface area (Å²) in [6.07, 6.45) is -0.176. The minimum Gasteiger partial charge on any atom is -0.363 e. The van der Waals surface area contributed by atoms with E-state index in [1.54, 1.807) is 0 Å². The highest BCUT2D eigenvalue weighted by molar-refractivity contribution is 4.58. The Labute approximate surface area is 48.0 Å². The molecule has 2 nitrogen and oxygen atoms in total. The van der Waals surface area contributed by atoms with Crippen molar-refractivity contribution in [3.05, 3.63) is 0 Å². The van der Waals surface area contributed by atoms with Gasteiger partial charge in [-0.15, -0.1) is 0 Å². The summed E-state index contributed by atoms with van der Waals surface area (Å²) in [5.74, 6) is 0. The molecule has 8 heavy (non-hydrogen) atoms. The Bertz CT molecular complexity index is 61.4. The predicted octanol–water partition coefficient (Wildman–Crippen LogP) is 0.292. The van der Waals surface area contributed by atoms with Crippen molar-refractivity contribution in [3.8, 4) is 0 Å². The molecule has 1 aliphatic rings. The summed E-state index contributed by atoms with van der Waals surface area (Å²) in [5.41, 5.74) is 0. The summed E-state index contributed by atoms with van der Waals surface area (Å²) in [6.45, 7) is 1.49. The van der Waals surface area contributed by atoms with Gasteiger partial charge in [-0.3, -0.25) is 5.32 Å². The molecule has 0 aromatic carbocycles. The maximum Gasteiger partial charge on any atom is 0.125 e. The molecule has 0 bridgehead atoms. The summed E-state index contributed by atoms with van der Waals surface area (Å²) >= 11 is 0. The smallest absolute Gasteiger partial charge is 0.125 e. The van der Waals surface area contributed by atoms with E-state index in [1.807, 2.05) is 0 Å². The average molecular weight is 119 g/mol. The summed E-state index contributed by atoms with van der Waals surface area (Å²) in [4.78, 5) is 0. The van der Waals surface area contributed by atoms with Crippen molar-refractivity contribution in [3.63, 3.8) is 0 Å². The van der Waals surface area contributed by atoms with Crippen molar-refractivity contribution in [2.24, 2.45) is 0 Å². The zero-order valence-electron chi connectivity index (χ0n) is 4.69. The molecule has 0 aromatic rings. The van der Waals surface area contributed by atoms with Crippen molar-refractivity contribution >= 4 is 0 Å². The Hall–Kier alpha value is -0.150. The van der Waals surface area contributed by atoms with E-state index in [0.29, 0.717) is 13.2 Å². The van der Waals surface area contributed by atoms with Gasteiger partial charge in [0.2, 0.25) is 0 Å². The molecular weight excluding hydrogens is 109 g/mol. The number of ether oxygens (including phenoxy) is 1. The molecule has 1 aliphatic heterocycles. The Morgan fingerprint density at radius 1 is 1.62 bits per heavy atom. The van der Waals surface area contributed by atoms with Crippen LogP contribution < -0.4 is 5.32 Å². The van der Waals surface area contributed by atoms with Gasteiger partial charge in [-0.1, -0.05) is 0 Å². The fourth-order valence-corrected chi connectivity index (χ4v) is 0.673. The maximum absolute atomic E-state index is 12.3. The first kappa shape index (κ1) is 5.98. The molecule has 1 rings (SSSR count). The normalized spacial score (nSPS) is 31.9. The average Bonchev–Trinajstić information content (AvgIpc) is 1.94. The molecule has 0 amide bonds. The SMILES string of the molecule is FC1CCNCOC1. The van der Waals surface area contributed by atoms with Crippen LogP contribution in [-0.4, -0.2) is 26.1 Å². The van der Waals surface area contributed by atoms with Crippen LogP contribution in [0.4, 0.5) is 4.39 Å². The molecule has 3 heteroatoms. The van der Waals surface area contributed by atoms with Crippen molar-refractivity contribution in [2.75, 3.05) is 19.9 Å². The number of rotatable bonds is 0. The lowest BCUT2D eigenvalue weighted by Gasteiger charge is -1.98. The third-order valence-electron chi connectivity index (χ3n) is 1.14. The van der Waals surface area contributed by atoms with E-state index >= 15 is 0 Å². The molecule has 1 N–H and O–H groups in total. The molecule has 0 aromatic heterocycles. The van der Waals surface area contributed by atoms with Gasteiger partial charge in [0.15, 0.2) is 0 Å². The van der Waals surface area contributed by atoms with E-state index in [2.05, 4.69) is 5.32 Å². The summed E-state index contributed by atoms with van der Waals surface area (Å²) < 4.78 is 17.1. The molecule has 1 heterocycles. The van der Waals surface area contributed by atoms with E-state index < -0.39 is 6.17 Å². The van der Waals surface area contributed by atoms with Crippen LogP contribution >= 0.6 is 0 Å². The van der Waals surface area contributed by atoms with Gasteiger partial charge >= 0.3 is 0 Å². The Morgan fingerprint density at radius 3 is 3.38 bits per heavy atom. The Kier molecular flexibility index (Phi) is 2.24. The number of alkyl halides is 1. The lowest BCUT2D eigenvalue weighted by atomic mass is 10.3. The van der Waals surface area contributed by atoms with Gasteiger partial charge in [0.05, 0.1) is 13.3 Å². The first-order valence-electron chi connectivity index (χ1n) is 2.82. The Balaban J connectivity index is 2.17. The zero-order valence-corrected chi connectivity index (χ0v) is 4.69. The maximum atomic E-state index is 12.3. The lowest BCUT2D eigenvalue weighted by molar-refractivity contribution is 0.0896. The minimum atomic E-state index is -0.759. The van der Waals surface area contributed by atoms with Gasteiger partial charge < -0.3 is 4.74 Å². The summed E-state index contributed by atoms with van der Waals surface area (Å²) in [5, 5.41) is 2.92. The second-order valence-corrected chi connectivity index (χ2v) is 1.90. The zero-order chi connectivity index (χ0) is 5.82. The van der Waals surface area contributed by atoms with Gasteiger partial charge in [0, 0.05) is 6.54 Å². The predicted molar refractivity (Wildman–Crippen MR) is 28.3 cm³/mol. The fraction of sp³-hybridized carbons (Fsp3) is 1.00. The molecule has 1 atom stereocenters. The minimum absolute atomic E-state index is 0.257. The van der Waals surface area contributed by atoms with Crippen molar-refractivity contribution in [2.45, 2.75) is 12.6 Å². The second kappa shape index (κ2) is 2.99. The quantitative estimate of drug-likeness (QED) is 0.495. The lowest BCUT2D eigenvalue weighted by Crippen LogP contribution is -2.15. The standard InChI is InChI=1S/C5H10FNO/c6-5-1-2-7-4-8-3-5/h5,7H,1-4H2. The number of hydrogen-bond acceptors (Lipinski definition) is 2. The van der Waals surface area contributed by atoms with Crippen LogP contribution in [0.2, 0.25) is 0 Å². The highest BCUT2D eigenvalue weighted by Gasteiger charge is 2.08. The molecular formula is C5H10FNO. The van der Waals surface area contributed by atoms with Crippen molar-refractivity contribution in [1.82, 2.24) is 5.32 Å². The van der Waals surface area contributed by atoms with Gasteiger partial charge in [0.25, 0.3) is 0 Å². The molecule has 0 spiro atoms. The van der Waals surface area contributed by atoms with E-state index in [9.17, 15) is 4.39 Å². The molecule has 1 saturated heterocycles. The van der Waals surface area contributed by atoms with Gasteiger partial charge in [-0.05, 0) is 6.42 Å². The molecule has 0 radical (unpaired) electrons. The summed E-state index contributed by atoms with van der Waals surface area (Å²) in [7, 11) is 0. The molecule has 1 unspecified atom stereocenters. The monoisotopic (exact) mass is 119 g/mol. The van der Waals surface area contributed by atoms with Gasteiger partial charge in [-0.25, -0.2) is 4.39 Å². The van der Waals surface area contributed by atoms with E-state index in [-0.39, 0.29) is 6.61 Å². The number of nitrogens with one attached hydrogen (secondary N) is 1. The van der Waals surface area contributed by atoms with Crippen LogP contribution in [0, 0.1) is 0 Å². The number of halogens is 1. The van der Waals surface area contributed by atoms with Crippen molar-refractivity contribution in [1.29, 1.82) is 0 Å². The fourth-order valence-electron chi connectivity index (χ4n) is 0.673. The van der Waals surface area contributed by atoms with E-state index in [1.165, 1.54) is 0 Å². The summed E-state index contributed by atoms with van der Waals surface area (Å²) in [6, 6.07) is 0. The van der Waals surface area contributed by atoms with Crippen LogP contribution in [0.15, 0.2) is 0 Å². The van der Waals surface area contributed by atoms with Gasteiger partial charge in [-0.2, -0.15) is 0 Å². The number of hydrogen-bond donors (Lipinski definition) is 1. The van der Waals surface area contributed by atoms with Crippen LogP contribution in [0.1, 0.15) is 6.42 Å². The van der Waals surface area contributed by atoms with Gasteiger partial charge in [0.1, 0.15) is 6.17 Å². The van der Waals surface area contributed by atoms with Crippen LogP contribution in [0.3, 0.4) is 0 Å². The largest absolute Gasteiger partial charge is 0.363 e. The van der Waals surface area contributed by atoms with Crippen LogP contribution in [0.25, 0.3) is 0 Å². The second-order valence-electron chi connectivity index (χ2n) is 1.90. The molecule has 0 aliphatic carbocycles. The van der Waals surface area contributed by atoms with Crippen LogP contribution in [-0.2, 0) is 4.74 Å². The molecule has 48 valence electrons. The van der Waals surface area contributed by atoms with E-state index in [0.717, 1.165) is 6.54 Å². The van der Waals surface area contributed by atoms with Crippen molar-refractivity contribution < 1.29 is 9.13 Å². The Morgan fingerprint density at radius 2 is 2.50 bits per heavy atom. The molecule has 1 fully saturated rings. The highest BCUT2D eigenvalue weighted by Crippen LogP contribution is 1.99.